The molecule has 1 atom stereocenters. The molecule has 1 saturated carbocycles. The second-order valence-corrected chi connectivity index (χ2v) is 7.21. The van der Waals surface area contributed by atoms with Crippen LogP contribution in [-0.4, -0.2) is 42.4 Å². The molecule has 22 heavy (non-hydrogen) atoms. The molecule has 2 N–H and O–H groups in total. The molecule has 2 rings (SSSR count). The van der Waals surface area contributed by atoms with Crippen molar-refractivity contribution >= 4 is 12.0 Å². The van der Waals surface area contributed by atoms with Crippen molar-refractivity contribution < 1.29 is 19.1 Å². The van der Waals surface area contributed by atoms with Gasteiger partial charge in [0.2, 0.25) is 5.91 Å². The minimum Gasteiger partial charge on any atom is -0.444 e. The van der Waals surface area contributed by atoms with Crippen molar-refractivity contribution in [2.24, 2.45) is 0 Å². The molecule has 1 unspecified atom stereocenters. The molecule has 0 radical (unpaired) electrons. The van der Waals surface area contributed by atoms with E-state index in [2.05, 4.69) is 10.6 Å². The van der Waals surface area contributed by atoms with E-state index in [-0.39, 0.29) is 30.2 Å². The Balaban J connectivity index is 1.67. The van der Waals surface area contributed by atoms with Gasteiger partial charge >= 0.3 is 6.09 Å². The van der Waals surface area contributed by atoms with E-state index in [0.717, 1.165) is 38.5 Å². The molecule has 0 aromatic rings. The SMILES string of the molecule is CC(C)(C)OC(=O)NC1CCC(NC(=O)C2CCCO2)CC1. The molecular formula is C16H28N2O4. The molecule has 1 saturated heterocycles. The van der Waals surface area contributed by atoms with E-state index in [1.165, 1.54) is 0 Å². The molecule has 2 aliphatic rings. The maximum Gasteiger partial charge on any atom is 0.407 e. The molecule has 1 aliphatic heterocycles. The molecular weight excluding hydrogens is 284 g/mol. The summed E-state index contributed by atoms with van der Waals surface area (Å²) in [6.45, 7) is 6.24. The molecule has 2 amide bonds. The standard InChI is InChI=1S/C16H28N2O4/c1-16(2,3)22-15(20)18-12-8-6-11(7-9-12)17-14(19)13-5-4-10-21-13/h11-13H,4-10H2,1-3H3,(H,17,19)(H,18,20). The van der Waals surface area contributed by atoms with E-state index < -0.39 is 5.60 Å². The Morgan fingerprint density at radius 1 is 1.00 bits per heavy atom. The zero-order valence-electron chi connectivity index (χ0n) is 13.8. The summed E-state index contributed by atoms with van der Waals surface area (Å²) >= 11 is 0. The first-order chi connectivity index (χ1) is 10.3. The van der Waals surface area contributed by atoms with Gasteiger partial charge in [0.15, 0.2) is 0 Å². The van der Waals surface area contributed by atoms with Crippen LogP contribution in [0.1, 0.15) is 59.3 Å². The monoisotopic (exact) mass is 312 g/mol. The van der Waals surface area contributed by atoms with E-state index in [0.29, 0.717) is 6.61 Å². The number of nitrogens with one attached hydrogen (secondary N) is 2. The van der Waals surface area contributed by atoms with E-state index in [9.17, 15) is 9.59 Å². The number of rotatable bonds is 3. The predicted octanol–water partition coefficient (Wildman–Crippen LogP) is 2.12. The Labute approximate surface area is 132 Å². The lowest BCUT2D eigenvalue weighted by Crippen LogP contribution is -2.47. The molecule has 0 bridgehead atoms. The first-order valence-electron chi connectivity index (χ1n) is 8.25. The Morgan fingerprint density at radius 2 is 1.59 bits per heavy atom. The van der Waals surface area contributed by atoms with Gasteiger partial charge in [0.25, 0.3) is 0 Å². The van der Waals surface area contributed by atoms with Crippen molar-refractivity contribution in [3.05, 3.63) is 0 Å². The third-order valence-electron chi connectivity index (χ3n) is 4.02. The van der Waals surface area contributed by atoms with E-state index in [1.54, 1.807) is 0 Å². The molecule has 1 heterocycles. The van der Waals surface area contributed by atoms with Gasteiger partial charge in [-0.25, -0.2) is 4.79 Å². The van der Waals surface area contributed by atoms with Crippen LogP contribution >= 0.6 is 0 Å². The molecule has 2 fully saturated rings. The largest absolute Gasteiger partial charge is 0.444 e. The normalized spacial score (nSPS) is 29.0. The zero-order valence-corrected chi connectivity index (χ0v) is 13.8. The molecule has 1 aliphatic carbocycles. The number of amides is 2. The molecule has 0 aromatic heterocycles. The number of carbonyl (C=O) groups is 2. The number of hydrogen-bond acceptors (Lipinski definition) is 4. The summed E-state index contributed by atoms with van der Waals surface area (Å²) in [5.41, 5.74) is -0.476. The van der Waals surface area contributed by atoms with Crippen molar-refractivity contribution in [3.63, 3.8) is 0 Å². The van der Waals surface area contributed by atoms with Crippen molar-refractivity contribution in [1.29, 1.82) is 0 Å². The van der Waals surface area contributed by atoms with Crippen LogP contribution in [0.4, 0.5) is 4.79 Å². The maximum atomic E-state index is 12.0. The fourth-order valence-corrected chi connectivity index (χ4v) is 2.93. The number of ether oxygens (including phenoxy) is 2. The van der Waals surface area contributed by atoms with Crippen LogP contribution in [0.25, 0.3) is 0 Å². The molecule has 6 heteroatoms. The number of alkyl carbamates (subject to hydrolysis) is 1. The lowest BCUT2D eigenvalue weighted by Gasteiger charge is -2.31. The average Bonchev–Trinajstić information content (AvgIpc) is 2.92. The average molecular weight is 312 g/mol. The fourth-order valence-electron chi connectivity index (χ4n) is 2.93. The summed E-state index contributed by atoms with van der Waals surface area (Å²) in [6.07, 6.45) is 4.62. The van der Waals surface area contributed by atoms with Crippen LogP contribution in [0, 0.1) is 0 Å². The van der Waals surface area contributed by atoms with Gasteiger partial charge in [-0.1, -0.05) is 0 Å². The summed E-state index contributed by atoms with van der Waals surface area (Å²) in [5.74, 6) is 0.0149. The highest BCUT2D eigenvalue weighted by atomic mass is 16.6. The first-order valence-corrected chi connectivity index (χ1v) is 8.25. The van der Waals surface area contributed by atoms with Crippen molar-refractivity contribution in [2.45, 2.75) is 83.1 Å². The Kier molecular flexibility index (Phi) is 5.67. The van der Waals surface area contributed by atoms with Crippen LogP contribution in [0.2, 0.25) is 0 Å². The fraction of sp³-hybridized carbons (Fsp3) is 0.875. The molecule has 126 valence electrons. The van der Waals surface area contributed by atoms with Gasteiger partial charge in [0, 0.05) is 18.7 Å². The van der Waals surface area contributed by atoms with Gasteiger partial charge in [0.05, 0.1) is 0 Å². The third-order valence-corrected chi connectivity index (χ3v) is 4.02. The van der Waals surface area contributed by atoms with Gasteiger partial charge in [-0.15, -0.1) is 0 Å². The van der Waals surface area contributed by atoms with Gasteiger partial charge in [-0.3, -0.25) is 4.79 Å². The quantitative estimate of drug-likeness (QED) is 0.837. The van der Waals surface area contributed by atoms with Crippen LogP contribution in [0.3, 0.4) is 0 Å². The highest BCUT2D eigenvalue weighted by Gasteiger charge is 2.29. The van der Waals surface area contributed by atoms with Crippen LogP contribution in [0.15, 0.2) is 0 Å². The van der Waals surface area contributed by atoms with E-state index >= 15 is 0 Å². The Morgan fingerprint density at radius 3 is 2.09 bits per heavy atom. The second kappa shape index (κ2) is 7.31. The molecule has 0 spiro atoms. The zero-order chi connectivity index (χ0) is 16.2. The van der Waals surface area contributed by atoms with Gasteiger partial charge < -0.3 is 20.1 Å². The van der Waals surface area contributed by atoms with Gasteiger partial charge in [-0.05, 0) is 59.3 Å². The van der Waals surface area contributed by atoms with Gasteiger partial charge in [0.1, 0.15) is 11.7 Å². The lowest BCUT2D eigenvalue weighted by atomic mass is 9.91. The van der Waals surface area contributed by atoms with Crippen LogP contribution < -0.4 is 10.6 Å². The summed E-state index contributed by atoms with van der Waals surface area (Å²) in [6, 6.07) is 0.319. The maximum absolute atomic E-state index is 12.0. The summed E-state index contributed by atoms with van der Waals surface area (Å²) in [4.78, 5) is 23.7. The predicted molar refractivity (Wildman–Crippen MR) is 82.5 cm³/mol. The second-order valence-electron chi connectivity index (χ2n) is 7.21. The van der Waals surface area contributed by atoms with Crippen LogP contribution in [-0.2, 0) is 14.3 Å². The molecule has 6 nitrogen and oxygen atoms in total. The number of carbonyl (C=O) groups excluding carboxylic acids is 2. The summed E-state index contributed by atoms with van der Waals surface area (Å²) in [7, 11) is 0. The van der Waals surface area contributed by atoms with Crippen molar-refractivity contribution in [3.8, 4) is 0 Å². The number of hydrogen-bond donors (Lipinski definition) is 2. The Hall–Kier alpha value is -1.30. The molecule has 0 aromatic carbocycles. The Bertz CT molecular complexity index is 391. The minimum absolute atomic E-state index is 0.0149. The van der Waals surface area contributed by atoms with Crippen LogP contribution in [0.5, 0.6) is 0 Å². The highest BCUT2D eigenvalue weighted by molar-refractivity contribution is 5.81. The van der Waals surface area contributed by atoms with Crippen molar-refractivity contribution in [2.75, 3.05) is 6.61 Å². The summed E-state index contributed by atoms with van der Waals surface area (Å²) < 4.78 is 10.7. The van der Waals surface area contributed by atoms with E-state index in [1.807, 2.05) is 20.8 Å². The third kappa shape index (κ3) is 5.48. The minimum atomic E-state index is -0.476. The summed E-state index contributed by atoms with van der Waals surface area (Å²) in [5, 5.41) is 5.97. The smallest absolute Gasteiger partial charge is 0.407 e. The van der Waals surface area contributed by atoms with E-state index in [4.69, 9.17) is 9.47 Å². The lowest BCUT2D eigenvalue weighted by molar-refractivity contribution is -0.131. The van der Waals surface area contributed by atoms with Crippen molar-refractivity contribution in [1.82, 2.24) is 10.6 Å². The highest BCUT2D eigenvalue weighted by Crippen LogP contribution is 2.20. The van der Waals surface area contributed by atoms with Gasteiger partial charge in [-0.2, -0.15) is 0 Å². The first kappa shape index (κ1) is 17.1. The topological polar surface area (TPSA) is 76.7 Å².